The first-order chi connectivity index (χ1) is 8.74. The van der Waals surface area contributed by atoms with E-state index in [1.807, 2.05) is 0 Å². The minimum Gasteiger partial charge on any atom is -0.384 e. The number of benzene rings is 1. The summed E-state index contributed by atoms with van der Waals surface area (Å²) in [4.78, 5) is 0. The standard InChI is InChI=1S/C11H11F5N2O/c12-8-3-6(9(17)18)1-2-7(8)4-19-5-11(15,16)10(13)14/h1-3,10H,4-5H2,(H3,17,18). The van der Waals surface area contributed by atoms with Gasteiger partial charge in [0.05, 0.1) is 6.61 Å². The summed E-state index contributed by atoms with van der Waals surface area (Å²) < 4.78 is 66.4. The summed E-state index contributed by atoms with van der Waals surface area (Å²) in [5.41, 5.74) is 5.16. The van der Waals surface area contributed by atoms with E-state index < -0.39 is 31.4 Å². The second kappa shape index (κ2) is 5.96. The van der Waals surface area contributed by atoms with Crippen molar-refractivity contribution in [2.75, 3.05) is 6.61 Å². The van der Waals surface area contributed by atoms with E-state index in [1.54, 1.807) is 0 Å². The van der Waals surface area contributed by atoms with Crippen LogP contribution in [0.2, 0.25) is 0 Å². The first-order valence-corrected chi connectivity index (χ1v) is 5.10. The summed E-state index contributed by atoms with van der Waals surface area (Å²) in [6.45, 7) is -2.08. The van der Waals surface area contributed by atoms with Crippen LogP contribution in [0.5, 0.6) is 0 Å². The Morgan fingerprint density at radius 1 is 1.37 bits per heavy atom. The fourth-order valence-electron chi connectivity index (χ4n) is 1.19. The third-order valence-corrected chi connectivity index (χ3v) is 2.24. The lowest BCUT2D eigenvalue weighted by molar-refractivity contribution is -0.168. The number of rotatable bonds is 6. The predicted octanol–water partition coefficient (Wildman–Crippen LogP) is 2.53. The number of alkyl halides is 4. The Balaban J connectivity index is 2.62. The molecule has 0 aliphatic carbocycles. The molecule has 19 heavy (non-hydrogen) atoms. The van der Waals surface area contributed by atoms with Crippen LogP contribution in [0, 0.1) is 11.2 Å². The number of nitrogen functional groups attached to an aromatic ring is 1. The van der Waals surface area contributed by atoms with E-state index in [9.17, 15) is 22.0 Å². The summed E-state index contributed by atoms with van der Waals surface area (Å²) in [5.74, 6) is -5.43. The molecule has 0 spiro atoms. The summed E-state index contributed by atoms with van der Waals surface area (Å²) in [6, 6.07) is 3.42. The van der Waals surface area contributed by atoms with Gasteiger partial charge in [0.1, 0.15) is 18.3 Å². The van der Waals surface area contributed by atoms with Crippen LogP contribution in [-0.4, -0.2) is 24.8 Å². The Bertz CT molecular complexity index is 464. The van der Waals surface area contributed by atoms with Gasteiger partial charge >= 0.3 is 12.3 Å². The van der Waals surface area contributed by atoms with Crippen molar-refractivity contribution in [1.82, 2.24) is 0 Å². The lowest BCUT2D eigenvalue weighted by Gasteiger charge is -2.15. The molecule has 8 heteroatoms. The Morgan fingerprint density at radius 2 is 2.00 bits per heavy atom. The first kappa shape index (κ1) is 15.4. The van der Waals surface area contributed by atoms with Crippen molar-refractivity contribution < 1.29 is 26.7 Å². The monoisotopic (exact) mass is 282 g/mol. The van der Waals surface area contributed by atoms with Crippen molar-refractivity contribution >= 4 is 5.84 Å². The molecule has 106 valence electrons. The zero-order valence-corrected chi connectivity index (χ0v) is 9.60. The first-order valence-electron chi connectivity index (χ1n) is 5.10. The van der Waals surface area contributed by atoms with E-state index in [4.69, 9.17) is 11.1 Å². The lowest BCUT2D eigenvalue weighted by atomic mass is 10.1. The van der Waals surface area contributed by atoms with E-state index in [-0.39, 0.29) is 17.0 Å². The minimum absolute atomic E-state index is 0.0879. The highest BCUT2D eigenvalue weighted by molar-refractivity contribution is 5.94. The molecule has 1 rings (SSSR count). The average Bonchev–Trinajstić information content (AvgIpc) is 2.30. The lowest BCUT2D eigenvalue weighted by Crippen LogP contribution is -2.32. The highest BCUT2D eigenvalue weighted by Gasteiger charge is 2.40. The molecule has 0 bridgehead atoms. The maximum atomic E-state index is 13.4. The smallest absolute Gasteiger partial charge is 0.330 e. The van der Waals surface area contributed by atoms with Crippen molar-refractivity contribution in [2.45, 2.75) is 19.0 Å². The Hall–Kier alpha value is -1.70. The fraction of sp³-hybridized carbons (Fsp3) is 0.364. The maximum Gasteiger partial charge on any atom is 0.330 e. The number of nitrogens with one attached hydrogen (secondary N) is 1. The molecule has 0 aliphatic rings. The van der Waals surface area contributed by atoms with Gasteiger partial charge in [-0.05, 0) is 6.07 Å². The topological polar surface area (TPSA) is 59.1 Å². The Kier molecular flexibility index (Phi) is 4.82. The van der Waals surface area contributed by atoms with E-state index in [1.165, 1.54) is 12.1 Å². The van der Waals surface area contributed by atoms with E-state index in [0.717, 1.165) is 6.07 Å². The number of hydrogen-bond donors (Lipinski definition) is 2. The second-order valence-corrected chi connectivity index (χ2v) is 3.77. The molecule has 3 nitrogen and oxygen atoms in total. The summed E-state index contributed by atoms with van der Waals surface area (Å²) in [5, 5.41) is 7.07. The van der Waals surface area contributed by atoms with Gasteiger partial charge in [0.15, 0.2) is 0 Å². The molecule has 0 saturated heterocycles. The zero-order chi connectivity index (χ0) is 14.6. The molecule has 0 aliphatic heterocycles. The van der Waals surface area contributed by atoms with Crippen LogP contribution in [0.1, 0.15) is 11.1 Å². The predicted molar refractivity (Wildman–Crippen MR) is 58.0 cm³/mol. The van der Waals surface area contributed by atoms with Crippen LogP contribution in [0.15, 0.2) is 18.2 Å². The van der Waals surface area contributed by atoms with Gasteiger partial charge in [0.25, 0.3) is 0 Å². The van der Waals surface area contributed by atoms with Gasteiger partial charge in [-0.2, -0.15) is 8.78 Å². The van der Waals surface area contributed by atoms with Gasteiger partial charge in [-0.15, -0.1) is 0 Å². The average molecular weight is 282 g/mol. The number of amidine groups is 1. The molecule has 0 unspecified atom stereocenters. The molecule has 3 N–H and O–H groups in total. The van der Waals surface area contributed by atoms with Crippen molar-refractivity contribution in [1.29, 1.82) is 5.41 Å². The second-order valence-electron chi connectivity index (χ2n) is 3.77. The van der Waals surface area contributed by atoms with Gasteiger partial charge in [0.2, 0.25) is 0 Å². The molecule has 0 saturated carbocycles. The molecule has 1 aromatic rings. The summed E-state index contributed by atoms with van der Waals surface area (Å²) >= 11 is 0. The zero-order valence-electron chi connectivity index (χ0n) is 9.60. The highest BCUT2D eigenvalue weighted by atomic mass is 19.3. The van der Waals surface area contributed by atoms with Crippen LogP contribution >= 0.6 is 0 Å². The van der Waals surface area contributed by atoms with Crippen LogP contribution in [0.25, 0.3) is 0 Å². The minimum atomic E-state index is -4.27. The molecule has 0 radical (unpaired) electrons. The number of ether oxygens (including phenoxy) is 1. The maximum absolute atomic E-state index is 13.4. The number of nitrogens with two attached hydrogens (primary N) is 1. The molecule has 0 aromatic heterocycles. The van der Waals surface area contributed by atoms with E-state index >= 15 is 0 Å². The fourth-order valence-corrected chi connectivity index (χ4v) is 1.19. The normalized spacial score (nSPS) is 11.9. The van der Waals surface area contributed by atoms with Crippen molar-refractivity contribution in [2.24, 2.45) is 5.73 Å². The molecular formula is C11H11F5N2O. The van der Waals surface area contributed by atoms with Gasteiger partial charge < -0.3 is 10.5 Å². The molecule has 1 aromatic carbocycles. The van der Waals surface area contributed by atoms with Crippen molar-refractivity contribution in [3.05, 3.63) is 35.1 Å². The highest BCUT2D eigenvalue weighted by Crippen LogP contribution is 2.23. The van der Waals surface area contributed by atoms with Gasteiger partial charge in [-0.25, -0.2) is 13.2 Å². The van der Waals surface area contributed by atoms with Gasteiger partial charge in [-0.1, -0.05) is 12.1 Å². The quantitative estimate of drug-likeness (QED) is 0.478. The van der Waals surface area contributed by atoms with E-state index in [2.05, 4.69) is 4.74 Å². The third kappa shape index (κ3) is 4.16. The molecular weight excluding hydrogens is 271 g/mol. The Morgan fingerprint density at radius 3 is 2.47 bits per heavy atom. The van der Waals surface area contributed by atoms with Crippen LogP contribution in [-0.2, 0) is 11.3 Å². The van der Waals surface area contributed by atoms with Gasteiger partial charge in [0, 0.05) is 11.1 Å². The molecule has 0 heterocycles. The summed E-state index contributed by atoms with van der Waals surface area (Å²) in [6.07, 6.45) is -3.84. The van der Waals surface area contributed by atoms with Crippen LogP contribution in [0.4, 0.5) is 22.0 Å². The van der Waals surface area contributed by atoms with Crippen molar-refractivity contribution in [3.8, 4) is 0 Å². The number of hydrogen-bond acceptors (Lipinski definition) is 2. The molecule has 0 fully saturated rings. The molecule has 0 amide bonds. The number of halogens is 5. The van der Waals surface area contributed by atoms with E-state index in [0.29, 0.717) is 0 Å². The van der Waals surface area contributed by atoms with Crippen molar-refractivity contribution in [3.63, 3.8) is 0 Å². The van der Waals surface area contributed by atoms with Crippen LogP contribution in [0.3, 0.4) is 0 Å². The summed E-state index contributed by atoms with van der Waals surface area (Å²) in [7, 11) is 0. The largest absolute Gasteiger partial charge is 0.384 e. The Labute approximate surface area is 105 Å². The van der Waals surface area contributed by atoms with Gasteiger partial charge in [-0.3, -0.25) is 5.41 Å². The SMILES string of the molecule is N=C(N)c1ccc(COCC(F)(F)C(F)F)c(F)c1. The molecule has 0 atom stereocenters. The van der Waals surface area contributed by atoms with Crippen LogP contribution < -0.4 is 5.73 Å². The third-order valence-electron chi connectivity index (χ3n) is 2.24.